The highest BCUT2D eigenvalue weighted by molar-refractivity contribution is 5.51. The topological polar surface area (TPSA) is 32.3 Å². The molecule has 2 nitrogen and oxygen atoms in total. The Morgan fingerprint density at radius 2 is 2.00 bits per heavy atom. The number of anilines is 1. The van der Waals surface area contributed by atoms with Crippen LogP contribution in [0.2, 0.25) is 0 Å². The van der Waals surface area contributed by atoms with Gasteiger partial charge < -0.3 is 10.4 Å². The Morgan fingerprint density at radius 3 is 2.78 bits per heavy atom. The van der Waals surface area contributed by atoms with Crippen molar-refractivity contribution in [3.63, 3.8) is 0 Å². The number of hydrogen-bond acceptors (Lipinski definition) is 2. The molecule has 0 heterocycles. The van der Waals surface area contributed by atoms with Crippen LogP contribution >= 0.6 is 0 Å². The molecule has 2 atom stereocenters. The average Bonchev–Trinajstić information content (AvgIpc) is 2.64. The number of benzene rings is 1. The smallest absolute Gasteiger partial charge is 0.0701 e. The van der Waals surface area contributed by atoms with Crippen LogP contribution in [0.1, 0.15) is 51.0 Å². The summed E-state index contributed by atoms with van der Waals surface area (Å²) in [4.78, 5) is 0. The fraction of sp³-hybridized carbons (Fsp3) is 0.625. The van der Waals surface area contributed by atoms with Crippen LogP contribution in [0.25, 0.3) is 0 Å². The van der Waals surface area contributed by atoms with Crippen molar-refractivity contribution in [2.45, 2.75) is 58.1 Å². The van der Waals surface area contributed by atoms with Gasteiger partial charge in [-0.25, -0.2) is 0 Å². The Labute approximate surface area is 110 Å². The molecule has 1 aromatic carbocycles. The van der Waals surface area contributed by atoms with Crippen LogP contribution in [-0.4, -0.2) is 11.1 Å². The third kappa shape index (κ3) is 3.49. The van der Waals surface area contributed by atoms with Crippen molar-refractivity contribution in [3.8, 4) is 0 Å². The summed E-state index contributed by atoms with van der Waals surface area (Å²) in [6.07, 6.45) is 7.90. The minimum atomic E-state index is 0.119. The van der Waals surface area contributed by atoms with Crippen LogP contribution in [0.4, 0.5) is 5.69 Å². The second-order valence-corrected chi connectivity index (χ2v) is 5.44. The third-order valence-corrected chi connectivity index (χ3v) is 4.21. The van der Waals surface area contributed by atoms with E-state index in [4.69, 9.17) is 0 Å². The summed E-state index contributed by atoms with van der Waals surface area (Å²) >= 11 is 0. The highest BCUT2D eigenvalue weighted by Gasteiger charge is 2.18. The normalized spacial score (nSPS) is 24.6. The molecule has 0 saturated heterocycles. The maximum Gasteiger partial charge on any atom is 0.0701 e. The van der Waals surface area contributed by atoms with E-state index >= 15 is 0 Å². The van der Waals surface area contributed by atoms with Crippen molar-refractivity contribution in [1.82, 2.24) is 0 Å². The van der Waals surface area contributed by atoms with Crippen molar-refractivity contribution < 1.29 is 5.11 Å². The Kier molecular flexibility index (Phi) is 5.06. The van der Waals surface area contributed by atoms with Gasteiger partial charge in [0, 0.05) is 17.3 Å². The summed E-state index contributed by atoms with van der Waals surface area (Å²) in [5, 5.41) is 13.0. The lowest BCUT2D eigenvalue weighted by Gasteiger charge is -2.20. The lowest BCUT2D eigenvalue weighted by molar-refractivity contribution is 0.282. The average molecular weight is 247 g/mol. The van der Waals surface area contributed by atoms with Crippen LogP contribution in [0.3, 0.4) is 0 Å². The van der Waals surface area contributed by atoms with E-state index in [0.29, 0.717) is 6.04 Å². The van der Waals surface area contributed by atoms with Gasteiger partial charge >= 0.3 is 0 Å². The van der Waals surface area contributed by atoms with Gasteiger partial charge in [0.05, 0.1) is 6.61 Å². The van der Waals surface area contributed by atoms with Crippen LogP contribution in [0.15, 0.2) is 24.3 Å². The zero-order valence-corrected chi connectivity index (χ0v) is 11.4. The standard InChI is InChI=1S/C16H25NO/c1-2-13-6-5-8-15(11-10-13)17-16-9-4-3-7-14(16)12-18/h3-4,7,9,13,15,17-18H,2,5-6,8,10-12H2,1H3. The molecule has 2 heteroatoms. The van der Waals surface area contributed by atoms with Crippen LogP contribution in [0, 0.1) is 5.92 Å². The van der Waals surface area contributed by atoms with Crippen LogP contribution in [-0.2, 0) is 6.61 Å². The summed E-state index contributed by atoms with van der Waals surface area (Å²) in [7, 11) is 0. The molecule has 18 heavy (non-hydrogen) atoms. The van der Waals surface area contributed by atoms with E-state index in [-0.39, 0.29) is 6.61 Å². The molecular formula is C16H25NO. The van der Waals surface area contributed by atoms with Crippen LogP contribution < -0.4 is 5.32 Å². The monoisotopic (exact) mass is 247 g/mol. The molecule has 0 aliphatic heterocycles. The summed E-state index contributed by atoms with van der Waals surface area (Å²) in [6.45, 7) is 2.42. The second kappa shape index (κ2) is 6.79. The molecule has 0 bridgehead atoms. The second-order valence-electron chi connectivity index (χ2n) is 5.44. The summed E-state index contributed by atoms with van der Waals surface area (Å²) in [5.41, 5.74) is 2.12. The molecular weight excluding hydrogens is 222 g/mol. The molecule has 0 spiro atoms. The third-order valence-electron chi connectivity index (χ3n) is 4.21. The Balaban J connectivity index is 1.96. The molecule has 1 saturated carbocycles. The first-order chi connectivity index (χ1) is 8.83. The number of rotatable bonds is 4. The van der Waals surface area contributed by atoms with Gasteiger partial charge in [0.2, 0.25) is 0 Å². The van der Waals surface area contributed by atoms with Crippen molar-refractivity contribution >= 4 is 5.69 Å². The zero-order valence-electron chi connectivity index (χ0n) is 11.4. The molecule has 100 valence electrons. The van der Waals surface area contributed by atoms with Gasteiger partial charge in [-0.05, 0) is 31.2 Å². The minimum absolute atomic E-state index is 0.119. The summed E-state index contributed by atoms with van der Waals surface area (Å²) in [5.74, 6) is 0.921. The molecule has 1 aromatic rings. The first-order valence-electron chi connectivity index (χ1n) is 7.28. The number of hydrogen-bond donors (Lipinski definition) is 2. The predicted molar refractivity (Wildman–Crippen MR) is 76.6 cm³/mol. The van der Waals surface area contributed by atoms with Gasteiger partial charge in [-0.15, -0.1) is 0 Å². The fourth-order valence-corrected chi connectivity index (χ4v) is 2.95. The van der Waals surface area contributed by atoms with Gasteiger partial charge in [0.1, 0.15) is 0 Å². The first-order valence-corrected chi connectivity index (χ1v) is 7.28. The van der Waals surface area contributed by atoms with Gasteiger partial charge in [-0.2, -0.15) is 0 Å². The molecule has 0 amide bonds. The van der Waals surface area contributed by atoms with Gasteiger partial charge in [0.15, 0.2) is 0 Å². The lowest BCUT2D eigenvalue weighted by Crippen LogP contribution is -2.19. The van der Waals surface area contributed by atoms with E-state index in [1.807, 2.05) is 18.2 Å². The zero-order chi connectivity index (χ0) is 12.8. The number of aliphatic hydroxyl groups is 1. The van der Waals surface area contributed by atoms with Crippen molar-refractivity contribution in [2.75, 3.05) is 5.32 Å². The largest absolute Gasteiger partial charge is 0.392 e. The fourth-order valence-electron chi connectivity index (χ4n) is 2.95. The predicted octanol–water partition coefficient (Wildman–Crippen LogP) is 3.95. The molecule has 1 aliphatic rings. The quantitative estimate of drug-likeness (QED) is 0.790. The van der Waals surface area contributed by atoms with Crippen molar-refractivity contribution in [1.29, 1.82) is 0 Å². The number of para-hydroxylation sites is 1. The number of nitrogens with one attached hydrogen (secondary N) is 1. The molecule has 2 rings (SSSR count). The van der Waals surface area contributed by atoms with Crippen LogP contribution in [0.5, 0.6) is 0 Å². The highest BCUT2D eigenvalue weighted by Crippen LogP contribution is 2.28. The molecule has 2 unspecified atom stereocenters. The molecule has 2 N–H and O–H groups in total. The Hall–Kier alpha value is -1.02. The van der Waals surface area contributed by atoms with E-state index in [0.717, 1.165) is 17.2 Å². The number of aliphatic hydroxyl groups excluding tert-OH is 1. The molecule has 0 radical (unpaired) electrons. The molecule has 1 fully saturated rings. The summed E-state index contributed by atoms with van der Waals surface area (Å²) in [6, 6.07) is 8.67. The lowest BCUT2D eigenvalue weighted by atomic mass is 9.98. The van der Waals surface area contributed by atoms with E-state index in [2.05, 4.69) is 18.3 Å². The maximum absolute atomic E-state index is 9.34. The van der Waals surface area contributed by atoms with Crippen molar-refractivity contribution in [3.05, 3.63) is 29.8 Å². The van der Waals surface area contributed by atoms with E-state index in [1.165, 1.54) is 38.5 Å². The highest BCUT2D eigenvalue weighted by atomic mass is 16.3. The van der Waals surface area contributed by atoms with Gasteiger partial charge in [-0.3, -0.25) is 0 Å². The minimum Gasteiger partial charge on any atom is -0.392 e. The van der Waals surface area contributed by atoms with E-state index in [1.54, 1.807) is 0 Å². The van der Waals surface area contributed by atoms with Gasteiger partial charge in [-0.1, -0.05) is 44.4 Å². The van der Waals surface area contributed by atoms with Gasteiger partial charge in [0.25, 0.3) is 0 Å². The van der Waals surface area contributed by atoms with E-state index in [9.17, 15) is 5.11 Å². The molecule has 1 aliphatic carbocycles. The molecule has 0 aromatic heterocycles. The Bertz CT molecular complexity index is 364. The summed E-state index contributed by atoms with van der Waals surface area (Å²) < 4.78 is 0. The first kappa shape index (κ1) is 13.4. The Morgan fingerprint density at radius 1 is 1.17 bits per heavy atom. The van der Waals surface area contributed by atoms with E-state index < -0.39 is 0 Å². The van der Waals surface area contributed by atoms with Crippen molar-refractivity contribution in [2.24, 2.45) is 5.92 Å². The maximum atomic E-state index is 9.34. The SMILES string of the molecule is CCC1CCCC(Nc2ccccc2CO)CC1.